The molecule has 1 rings (SSSR count). The fraction of sp³-hybridized carbons (Fsp3) is 1.00. The first-order chi connectivity index (χ1) is 4.33. The van der Waals surface area contributed by atoms with E-state index in [1.165, 1.54) is 0 Å². The molecular formula is C6H15N3. The lowest BCUT2D eigenvalue weighted by atomic mass is 10.00. The van der Waals surface area contributed by atoms with E-state index in [-0.39, 0.29) is 5.54 Å². The standard InChI is InChI=1S/C6H15N3/c1-8-6(4-7)2-3-9-5-6/h8-9H,2-5,7H2,1H3. The number of likely N-dealkylation sites (N-methyl/N-ethyl adjacent to an activating group) is 1. The van der Waals surface area contributed by atoms with E-state index in [0.29, 0.717) is 0 Å². The van der Waals surface area contributed by atoms with Gasteiger partial charge in [0.2, 0.25) is 0 Å². The van der Waals surface area contributed by atoms with Crippen molar-refractivity contribution < 1.29 is 0 Å². The summed E-state index contributed by atoms with van der Waals surface area (Å²) in [6.45, 7) is 2.84. The molecule has 0 spiro atoms. The normalized spacial score (nSPS) is 35.3. The van der Waals surface area contributed by atoms with Crippen LogP contribution in [0.1, 0.15) is 6.42 Å². The minimum absolute atomic E-state index is 0.194. The molecule has 1 aliphatic heterocycles. The quantitative estimate of drug-likeness (QED) is 0.443. The second-order valence-corrected chi connectivity index (χ2v) is 2.66. The van der Waals surface area contributed by atoms with Gasteiger partial charge < -0.3 is 16.4 Å². The molecule has 9 heavy (non-hydrogen) atoms. The third-order valence-electron chi connectivity index (χ3n) is 2.16. The summed E-state index contributed by atoms with van der Waals surface area (Å²) in [7, 11) is 1.97. The number of hydrogen-bond acceptors (Lipinski definition) is 3. The van der Waals surface area contributed by atoms with Crippen LogP contribution in [-0.2, 0) is 0 Å². The van der Waals surface area contributed by atoms with Crippen LogP contribution in [0.25, 0.3) is 0 Å². The third kappa shape index (κ3) is 1.23. The van der Waals surface area contributed by atoms with Crippen LogP contribution in [0.3, 0.4) is 0 Å². The first kappa shape index (κ1) is 6.99. The summed E-state index contributed by atoms with van der Waals surface area (Å²) >= 11 is 0. The summed E-state index contributed by atoms with van der Waals surface area (Å²) in [6.07, 6.45) is 1.15. The first-order valence-corrected chi connectivity index (χ1v) is 3.43. The van der Waals surface area contributed by atoms with Gasteiger partial charge in [-0.05, 0) is 20.0 Å². The molecule has 0 aliphatic carbocycles. The van der Waals surface area contributed by atoms with Gasteiger partial charge in [-0.25, -0.2) is 0 Å². The molecule has 0 aromatic rings. The average molecular weight is 129 g/mol. The van der Waals surface area contributed by atoms with Gasteiger partial charge in [-0.1, -0.05) is 0 Å². The lowest BCUT2D eigenvalue weighted by Crippen LogP contribution is -2.50. The fourth-order valence-corrected chi connectivity index (χ4v) is 1.23. The maximum atomic E-state index is 5.58. The van der Waals surface area contributed by atoms with Gasteiger partial charge in [0.15, 0.2) is 0 Å². The van der Waals surface area contributed by atoms with Crippen LogP contribution >= 0.6 is 0 Å². The maximum Gasteiger partial charge on any atom is 0.0439 e. The summed E-state index contributed by atoms with van der Waals surface area (Å²) in [5.74, 6) is 0. The fourth-order valence-electron chi connectivity index (χ4n) is 1.23. The Kier molecular flexibility index (Phi) is 2.05. The second kappa shape index (κ2) is 2.64. The number of hydrogen-bond donors (Lipinski definition) is 3. The molecule has 1 heterocycles. The second-order valence-electron chi connectivity index (χ2n) is 2.66. The monoisotopic (exact) mass is 129 g/mol. The summed E-state index contributed by atoms with van der Waals surface area (Å²) in [5.41, 5.74) is 5.77. The number of nitrogens with two attached hydrogens (primary N) is 1. The van der Waals surface area contributed by atoms with Crippen molar-refractivity contribution in [1.82, 2.24) is 10.6 Å². The van der Waals surface area contributed by atoms with E-state index in [2.05, 4.69) is 10.6 Å². The van der Waals surface area contributed by atoms with E-state index in [4.69, 9.17) is 5.73 Å². The van der Waals surface area contributed by atoms with Crippen LogP contribution in [0, 0.1) is 0 Å². The molecule has 1 unspecified atom stereocenters. The van der Waals surface area contributed by atoms with Gasteiger partial charge >= 0.3 is 0 Å². The van der Waals surface area contributed by atoms with Crippen LogP contribution < -0.4 is 16.4 Å². The molecule has 0 bridgehead atoms. The molecule has 0 amide bonds. The molecular weight excluding hydrogens is 114 g/mol. The van der Waals surface area contributed by atoms with Crippen molar-refractivity contribution in [2.24, 2.45) is 5.73 Å². The Morgan fingerprint density at radius 1 is 1.78 bits per heavy atom. The zero-order valence-electron chi connectivity index (χ0n) is 5.91. The predicted molar refractivity (Wildman–Crippen MR) is 38.3 cm³/mol. The Bertz CT molecular complexity index is 80.3. The zero-order chi connectivity index (χ0) is 6.74. The van der Waals surface area contributed by atoms with Crippen molar-refractivity contribution in [1.29, 1.82) is 0 Å². The highest BCUT2D eigenvalue weighted by Crippen LogP contribution is 2.10. The molecule has 4 N–H and O–H groups in total. The van der Waals surface area contributed by atoms with Crippen LogP contribution in [0.15, 0.2) is 0 Å². The van der Waals surface area contributed by atoms with Crippen LogP contribution in [-0.4, -0.2) is 32.2 Å². The minimum atomic E-state index is 0.194. The van der Waals surface area contributed by atoms with E-state index in [1.54, 1.807) is 0 Å². The molecule has 0 aromatic carbocycles. The minimum Gasteiger partial charge on any atom is -0.329 e. The van der Waals surface area contributed by atoms with Crippen molar-refractivity contribution in [2.75, 3.05) is 26.7 Å². The highest BCUT2D eigenvalue weighted by Gasteiger charge is 2.29. The van der Waals surface area contributed by atoms with Crippen molar-refractivity contribution >= 4 is 0 Å². The SMILES string of the molecule is CNC1(CN)CCNC1. The van der Waals surface area contributed by atoms with Gasteiger partial charge in [0.05, 0.1) is 0 Å². The van der Waals surface area contributed by atoms with Crippen molar-refractivity contribution in [3.63, 3.8) is 0 Å². The maximum absolute atomic E-state index is 5.58. The molecule has 0 saturated carbocycles. The van der Waals surface area contributed by atoms with Crippen LogP contribution in [0.2, 0.25) is 0 Å². The topological polar surface area (TPSA) is 50.1 Å². The lowest BCUT2D eigenvalue weighted by Gasteiger charge is -2.25. The highest BCUT2D eigenvalue weighted by atomic mass is 15.1. The molecule has 1 atom stereocenters. The summed E-state index contributed by atoms with van der Waals surface area (Å²) < 4.78 is 0. The Labute approximate surface area is 56.0 Å². The molecule has 1 saturated heterocycles. The number of rotatable bonds is 2. The summed E-state index contributed by atoms with van der Waals surface area (Å²) in [5, 5.41) is 6.51. The summed E-state index contributed by atoms with van der Waals surface area (Å²) in [6, 6.07) is 0. The molecule has 54 valence electrons. The van der Waals surface area contributed by atoms with E-state index in [1.807, 2.05) is 7.05 Å². The Morgan fingerprint density at radius 3 is 2.78 bits per heavy atom. The molecule has 1 aliphatic rings. The summed E-state index contributed by atoms with van der Waals surface area (Å²) in [4.78, 5) is 0. The van der Waals surface area contributed by atoms with Gasteiger partial charge in [0, 0.05) is 18.6 Å². The van der Waals surface area contributed by atoms with Gasteiger partial charge in [0.25, 0.3) is 0 Å². The number of nitrogens with one attached hydrogen (secondary N) is 2. The van der Waals surface area contributed by atoms with Gasteiger partial charge in [0.1, 0.15) is 0 Å². The molecule has 3 heteroatoms. The molecule has 0 radical (unpaired) electrons. The first-order valence-electron chi connectivity index (χ1n) is 3.43. The predicted octanol–water partition coefficient (Wildman–Crippen LogP) is -1.10. The zero-order valence-corrected chi connectivity index (χ0v) is 5.91. The Balaban J connectivity index is 2.45. The van der Waals surface area contributed by atoms with Crippen LogP contribution in [0.4, 0.5) is 0 Å². The molecule has 0 aromatic heterocycles. The largest absolute Gasteiger partial charge is 0.329 e. The van der Waals surface area contributed by atoms with Crippen molar-refractivity contribution in [2.45, 2.75) is 12.0 Å². The van der Waals surface area contributed by atoms with E-state index in [9.17, 15) is 0 Å². The van der Waals surface area contributed by atoms with E-state index in [0.717, 1.165) is 26.1 Å². The highest BCUT2D eigenvalue weighted by molar-refractivity contribution is 4.95. The smallest absolute Gasteiger partial charge is 0.0439 e. The average Bonchev–Trinajstić information content (AvgIpc) is 2.36. The molecule has 3 nitrogen and oxygen atoms in total. The van der Waals surface area contributed by atoms with Crippen molar-refractivity contribution in [3.8, 4) is 0 Å². The van der Waals surface area contributed by atoms with Crippen LogP contribution in [0.5, 0.6) is 0 Å². The van der Waals surface area contributed by atoms with Crippen molar-refractivity contribution in [3.05, 3.63) is 0 Å². The molecule has 1 fully saturated rings. The van der Waals surface area contributed by atoms with E-state index < -0.39 is 0 Å². The lowest BCUT2D eigenvalue weighted by molar-refractivity contribution is 0.394. The van der Waals surface area contributed by atoms with E-state index >= 15 is 0 Å². The van der Waals surface area contributed by atoms with Gasteiger partial charge in [-0.15, -0.1) is 0 Å². The Morgan fingerprint density at radius 2 is 2.56 bits per heavy atom. The Hall–Kier alpha value is -0.120. The van der Waals surface area contributed by atoms with Gasteiger partial charge in [-0.3, -0.25) is 0 Å². The van der Waals surface area contributed by atoms with Gasteiger partial charge in [-0.2, -0.15) is 0 Å². The third-order valence-corrected chi connectivity index (χ3v) is 2.16.